The first kappa shape index (κ1) is 19.1. The maximum Gasteiger partial charge on any atom is 0.254 e. The number of piperazine rings is 1. The second kappa shape index (κ2) is 8.41. The summed E-state index contributed by atoms with van der Waals surface area (Å²) in [4.78, 5) is 38.5. The summed E-state index contributed by atoms with van der Waals surface area (Å²) in [6, 6.07) is 15.4. The SMILES string of the molecule is O=C(c1ccc(Cl)cc1)c1ccccc1C(=O)N1CCN(c2ncccn2)CC1. The number of amides is 1. The lowest BCUT2D eigenvalue weighted by atomic mass is 9.97. The van der Waals surface area contributed by atoms with Gasteiger partial charge in [0.1, 0.15) is 0 Å². The number of carbonyl (C=O) groups excluding carboxylic acids is 2. The van der Waals surface area contributed by atoms with Crippen molar-refractivity contribution >= 4 is 29.2 Å². The van der Waals surface area contributed by atoms with Gasteiger partial charge in [-0.05, 0) is 36.4 Å². The summed E-state index contributed by atoms with van der Waals surface area (Å²) in [5.74, 6) is 0.330. The molecule has 0 atom stereocenters. The van der Waals surface area contributed by atoms with Gasteiger partial charge in [0, 0.05) is 54.7 Å². The molecule has 2 aromatic carbocycles. The Labute approximate surface area is 173 Å². The van der Waals surface area contributed by atoms with Crippen LogP contribution in [0.5, 0.6) is 0 Å². The highest BCUT2D eigenvalue weighted by Gasteiger charge is 2.26. The van der Waals surface area contributed by atoms with Gasteiger partial charge in [0.05, 0.1) is 5.56 Å². The number of anilines is 1. The fourth-order valence-corrected chi connectivity index (χ4v) is 3.48. The molecule has 3 aromatic rings. The molecule has 0 spiro atoms. The normalized spacial score (nSPS) is 14.0. The van der Waals surface area contributed by atoms with Gasteiger partial charge in [0.15, 0.2) is 5.78 Å². The smallest absolute Gasteiger partial charge is 0.254 e. The lowest BCUT2D eigenvalue weighted by Crippen LogP contribution is -2.49. The zero-order valence-corrected chi connectivity index (χ0v) is 16.4. The van der Waals surface area contributed by atoms with E-state index in [0.717, 1.165) is 0 Å². The Hall–Kier alpha value is -3.25. The molecule has 1 aliphatic rings. The average Bonchev–Trinajstić information content (AvgIpc) is 2.79. The van der Waals surface area contributed by atoms with Gasteiger partial charge >= 0.3 is 0 Å². The van der Waals surface area contributed by atoms with Crippen LogP contribution in [0, 0.1) is 0 Å². The molecule has 4 rings (SSSR count). The van der Waals surface area contributed by atoms with Crippen LogP contribution in [0.2, 0.25) is 5.02 Å². The second-order valence-electron chi connectivity index (χ2n) is 6.71. The Kier molecular flexibility index (Phi) is 5.53. The standard InChI is InChI=1S/C22H19ClN4O2/c23-17-8-6-16(7-9-17)20(28)18-4-1-2-5-19(18)21(29)26-12-14-27(15-13-26)22-24-10-3-11-25-22/h1-11H,12-15H2. The van der Waals surface area contributed by atoms with Crippen molar-refractivity contribution in [3.8, 4) is 0 Å². The molecule has 0 saturated carbocycles. The number of rotatable bonds is 4. The maximum atomic E-state index is 13.2. The molecule has 6 nitrogen and oxygen atoms in total. The third kappa shape index (κ3) is 4.12. The van der Waals surface area contributed by atoms with Gasteiger partial charge in [-0.15, -0.1) is 0 Å². The van der Waals surface area contributed by atoms with E-state index in [1.54, 1.807) is 71.9 Å². The Morgan fingerprint density at radius 2 is 1.41 bits per heavy atom. The van der Waals surface area contributed by atoms with Crippen LogP contribution in [0.4, 0.5) is 5.95 Å². The molecule has 0 aliphatic carbocycles. The van der Waals surface area contributed by atoms with E-state index in [2.05, 4.69) is 14.9 Å². The van der Waals surface area contributed by atoms with Crippen molar-refractivity contribution in [1.29, 1.82) is 0 Å². The van der Waals surface area contributed by atoms with Crippen LogP contribution in [0.3, 0.4) is 0 Å². The van der Waals surface area contributed by atoms with Crippen LogP contribution >= 0.6 is 11.6 Å². The number of carbonyl (C=O) groups is 2. The molecule has 0 radical (unpaired) electrons. The molecular formula is C22H19ClN4O2. The lowest BCUT2D eigenvalue weighted by molar-refractivity contribution is 0.0742. The van der Waals surface area contributed by atoms with E-state index in [9.17, 15) is 9.59 Å². The van der Waals surface area contributed by atoms with E-state index in [1.807, 2.05) is 0 Å². The Balaban J connectivity index is 1.51. The third-order valence-corrected chi connectivity index (χ3v) is 5.16. The van der Waals surface area contributed by atoms with E-state index in [4.69, 9.17) is 11.6 Å². The zero-order valence-electron chi connectivity index (χ0n) is 15.7. The molecule has 0 unspecified atom stereocenters. The first-order valence-electron chi connectivity index (χ1n) is 9.34. The first-order chi connectivity index (χ1) is 14.1. The summed E-state index contributed by atoms with van der Waals surface area (Å²) >= 11 is 5.92. The summed E-state index contributed by atoms with van der Waals surface area (Å²) in [5.41, 5.74) is 1.31. The number of hydrogen-bond donors (Lipinski definition) is 0. The summed E-state index contributed by atoms with van der Waals surface area (Å²) in [5, 5.41) is 0.561. The van der Waals surface area contributed by atoms with Crippen LogP contribution in [0.15, 0.2) is 67.0 Å². The molecule has 1 aromatic heterocycles. The third-order valence-electron chi connectivity index (χ3n) is 4.91. The van der Waals surface area contributed by atoms with Crippen molar-refractivity contribution in [1.82, 2.24) is 14.9 Å². The molecule has 29 heavy (non-hydrogen) atoms. The highest BCUT2D eigenvalue weighted by molar-refractivity contribution is 6.30. The molecule has 1 amide bonds. The Morgan fingerprint density at radius 3 is 2.07 bits per heavy atom. The summed E-state index contributed by atoms with van der Waals surface area (Å²) in [6.45, 7) is 2.37. The van der Waals surface area contributed by atoms with Crippen molar-refractivity contribution in [3.63, 3.8) is 0 Å². The molecular weight excluding hydrogens is 388 g/mol. The van der Waals surface area contributed by atoms with E-state index >= 15 is 0 Å². The minimum Gasteiger partial charge on any atom is -0.337 e. The van der Waals surface area contributed by atoms with Gasteiger partial charge in [-0.1, -0.05) is 29.8 Å². The van der Waals surface area contributed by atoms with Crippen molar-refractivity contribution in [3.05, 3.63) is 88.7 Å². The second-order valence-corrected chi connectivity index (χ2v) is 7.15. The minimum absolute atomic E-state index is 0.142. The van der Waals surface area contributed by atoms with Gasteiger partial charge in [0.2, 0.25) is 5.95 Å². The van der Waals surface area contributed by atoms with Crippen molar-refractivity contribution in [2.45, 2.75) is 0 Å². The number of hydrogen-bond acceptors (Lipinski definition) is 5. The molecule has 2 heterocycles. The molecule has 146 valence electrons. The predicted octanol–water partition coefficient (Wildman–Crippen LogP) is 3.32. The van der Waals surface area contributed by atoms with Gasteiger partial charge < -0.3 is 9.80 Å². The van der Waals surface area contributed by atoms with Crippen LogP contribution in [-0.2, 0) is 0 Å². The van der Waals surface area contributed by atoms with Gasteiger partial charge in [-0.2, -0.15) is 0 Å². The number of ketones is 1. The predicted molar refractivity (Wildman–Crippen MR) is 111 cm³/mol. The minimum atomic E-state index is -0.193. The van der Waals surface area contributed by atoms with Crippen LogP contribution in [-0.4, -0.2) is 52.7 Å². The van der Waals surface area contributed by atoms with E-state index in [-0.39, 0.29) is 11.7 Å². The van der Waals surface area contributed by atoms with Gasteiger partial charge in [-0.3, -0.25) is 9.59 Å². The highest BCUT2D eigenvalue weighted by Crippen LogP contribution is 2.20. The van der Waals surface area contributed by atoms with Crippen LogP contribution in [0.1, 0.15) is 26.3 Å². The number of nitrogens with zero attached hydrogens (tertiary/aromatic N) is 4. The van der Waals surface area contributed by atoms with E-state index in [0.29, 0.717) is 53.8 Å². The van der Waals surface area contributed by atoms with Gasteiger partial charge in [0.25, 0.3) is 5.91 Å². The average molecular weight is 407 g/mol. The molecule has 0 bridgehead atoms. The van der Waals surface area contributed by atoms with E-state index < -0.39 is 0 Å². The summed E-state index contributed by atoms with van der Waals surface area (Å²) in [6.07, 6.45) is 3.41. The lowest BCUT2D eigenvalue weighted by Gasteiger charge is -2.35. The fourth-order valence-electron chi connectivity index (χ4n) is 3.36. The van der Waals surface area contributed by atoms with Crippen LogP contribution < -0.4 is 4.90 Å². The zero-order chi connectivity index (χ0) is 20.2. The quantitative estimate of drug-likeness (QED) is 0.622. The molecule has 1 aliphatic heterocycles. The van der Waals surface area contributed by atoms with Crippen molar-refractivity contribution in [2.24, 2.45) is 0 Å². The Bertz CT molecular complexity index is 1020. The topological polar surface area (TPSA) is 66.4 Å². The number of halogens is 1. The molecule has 7 heteroatoms. The van der Waals surface area contributed by atoms with Crippen molar-refractivity contribution in [2.75, 3.05) is 31.1 Å². The molecule has 1 fully saturated rings. The largest absolute Gasteiger partial charge is 0.337 e. The summed E-state index contributed by atoms with van der Waals surface area (Å²) in [7, 11) is 0. The molecule has 0 N–H and O–H groups in total. The monoisotopic (exact) mass is 406 g/mol. The maximum absolute atomic E-state index is 13.2. The van der Waals surface area contributed by atoms with Crippen molar-refractivity contribution < 1.29 is 9.59 Å². The summed E-state index contributed by atoms with van der Waals surface area (Å²) < 4.78 is 0. The fraction of sp³-hybridized carbons (Fsp3) is 0.182. The first-order valence-corrected chi connectivity index (χ1v) is 9.72. The highest BCUT2D eigenvalue weighted by atomic mass is 35.5. The number of benzene rings is 2. The Morgan fingerprint density at radius 1 is 0.793 bits per heavy atom. The number of aromatic nitrogens is 2. The molecule has 1 saturated heterocycles. The van der Waals surface area contributed by atoms with Crippen LogP contribution in [0.25, 0.3) is 0 Å². The van der Waals surface area contributed by atoms with E-state index in [1.165, 1.54) is 0 Å². The van der Waals surface area contributed by atoms with Gasteiger partial charge in [-0.25, -0.2) is 9.97 Å².